The van der Waals surface area contributed by atoms with Crippen LogP contribution in [0.25, 0.3) is 0 Å². The third-order valence-corrected chi connectivity index (χ3v) is 3.10. The molecule has 1 heterocycles. The van der Waals surface area contributed by atoms with Crippen molar-refractivity contribution in [3.63, 3.8) is 0 Å². The highest BCUT2D eigenvalue weighted by Crippen LogP contribution is 2.36. The first-order valence-electron chi connectivity index (χ1n) is 6.03. The van der Waals surface area contributed by atoms with E-state index < -0.39 is 30.0 Å². The van der Waals surface area contributed by atoms with Crippen molar-refractivity contribution in [1.82, 2.24) is 5.32 Å². The lowest BCUT2D eigenvalue weighted by Gasteiger charge is -2.32. The molecular weight excluding hydrogens is 268 g/mol. The topological polar surface area (TPSA) is 120 Å². The molecular formula is C12H15N2O6-. The normalized spacial score (nSPS) is 33.5. The second-order valence-corrected chi connectivity index (χ2v) is 5.12. The van der Waals surface area contributed by atoms with Crippen LogP contribution >= 0.6 is 0 Å². The lowest BCUT2D eigenvalue weighted by atomic mass is 9.88. The van der Waals surface area contributed by atoms with E-state index in [1.54, 1.807) is 13.8 Å². The summed E-state index contributed by atoms with van der Waals surface area (Å²) in [7, 11) is 0. The molecule has 3 atom stereocenters. The zero-order valence-electron chi connectivity index (χ0n) is 11.2. The van der Waals surface area contributed by atoms with Crippen LogP contribution < -0.4 is 5.32 Å². The van der Waals surface area contributed by atoms with Gasteiger partial charge < -0.3 is 30.3 Å². The van der Waals surface area contributed by atoms with E-state index in [0.717, 1.165) is 6.08 Å². The minimum Gasteiger partial charge on any atom is -0.792 e. The van der Waals surface area contributed by atoms with Crippen LogP contribution in [0, 0.1) is 5.21 Å². The molecule has 110 valence electrons. The number of nitrogens with zero attached hydrogens (tertiary/aromatic N) is 1. The highest BCUT2D eigenvalue weighted by molar-refractivity contribution is 6.08. The van der Waals surface area contributed by atoms with Crippen LogP contribution in [0.1, 0.15) is 20.8 Å². The Hall–Kier alpha value is -1.93. The van der Waals surface area contributed by atoms with E-state index in [9.17, 15) is 19.9 Å². The smallest absolute Gasteiger partial charge is 0.334 e. The Kier molecular flexibility index (Phi) is 3.53. The fourth-order valence-electron chi connectivity index (χ4n) is 2.41. The van der Waals surface area contributed by atoms with Crippen LogP contribution in [0.3, 0.4) is 0 Å². The number of fused-ring (bicyclic) bond motifs is 1. The molecule has 1 saturated heterocycles. The number of aliphatic carboxylic acids is 1. The third kappa shape index (κ3) is 2.52. The van der Waals surface area contributed by atoms with Crippen LogP contribution in [0.4, 0.5) is 0 Å². The van der Waals surface area contributed by atoms with Crippen molar-refractivity contribution < 1.29 is 24.2 Å². The molecule has 2 aliphatic rings. The van der Waals surface area contributed by atoms with Crippen molar-refractivity contribution in [2.24, 2.45) is 5.16 Å². The van der Waals surface area contributed by atoms with Gasteiger partial charge in [-0.05, 0) is 19.9 Å². The van der Waals surface area contributed by atoms with Crippen LogP contribution in [0.15, 0.2) is 16.8 Å². The maximum absolute atomic E-state index is 11.3. The third-order valence-electron chi connectivity index (χ3n) is 3.10. The molecule has 0 aromatic rings. The summed E-state index contributed by atoms with van der Waals surface area (Å²) in [5.74, 6) is -2.61. The molecule has 8 nitrogen and oxygen atoms in total. The highest BCUT2D eigenvalue weighted by Gasteiger charge is 2.51. The standard InChI is InChI=1S/C12H16N2O6/c1-5(15)13-8-7(14-18)4-6(11(16)17)9-10(8)20-12(2,3)19-9/h4,8-10,18H,1-3H3,(H,13,15)(H,16,17)/p-1/b14-7+/t8?,9-,10?/m1/s1. The minimum absolute atomic E-state index is 0.0971. The van der Waals surface area contributed by atoms with Gasteiger partial charge in [0.15, 0.2) is 5.79 Å². The van der Waals surface area contributed by atoms with Gasteiger partial charge in [0.2, 0.25) is 5.91 Å². The molecule has 0 saturated carbocycles. The molecule has 0 bridgehead atoms. The van der Waals surface area contributed by atoms with Crippen molar-refractivity contribution in [3.8, 4) is 0 Å². The van der Waals surface area contributed by atoms with E-state index in [1.165, 1.54) is 6.92 Å². The average molecular weight is 283 g/mol. The molecule has 1 amide bonds. The van der Waals surface area contributed by atoms with Gasteiger partial charge in [-0.3, -0.25) is 4.79 Å². The average Bonchev–Trinajstić information content (AvgIpc) is 2.63. The SMILES string of the molecule is CC(=O)NC1/C(=N/[O-])C=C(C(=O)O)[C@H]2OC(C)(C)OC12. The Morgan fingerprint density at radius 2 is 2.10 bits per heavy atom. The van der Waals surface area contributed by atoms with E-state index >= 15 is 0 Å². The predicted octanol–water partition coefficient (Wildman–Crippen LogP) is -0.0254. The number of nitrogens with one attached hydrogen (secondary N) is 1. The Balaban J connectivity index is 2.45. The largest absolute Gasteiger partial charge is 0.792 e. The molecule has 0 spiro atoms. The van der Waals surface area contributed by atoms with Crippen LogP contribution in [-0.2, 0) is 19.1 Å². The van der Waals surface area contributed by atoms with Crippen molar-refractivity contribution in [2.75, 3.05) is 0 Å². The number of ether oxygens (including phenoxy) is 2. The number of amides is 1. The van der Waals surface area contributed by atoms with Crippen LogP contribution in [0.2, 0.25) is 0 Å². The lowest BCUT2D eigenvalue weighted by Crippen LogP contribution is -2.55. The molecule has 1 aliphatic heterocycles. The van der Waals surface area contributed by atoms with Gasteiger partial charge in [0, 0.05) is 6.92 Å². The van der Waals surface area contributed by atoms with Gasteiger partial charge in [-0.2, -0.15) is 0 Å². The zero-order chi connectivity index (χ0) is 15.1. The minimum atomic E-state index is -1.22. The summed E-state index contributed by atoms with van der Waals surface area (Å²) in [5.41, 5.74) is -0.211. The van der Waals surface area contributed by atoms with Gasteiger partial charge in [0.25, 0.3) is 0 Å². The van der Waals surface area contributed by atoms with E-state index in [-0.39, 0.29) is 17.2 Å². The molecule has 0 aromatic carbocycles. The number of carbonyl (C=O) groups excluding carboxylic acids is 1. The molecule has 1 fully saturated rings. The van der Waals surface area contributed by atoms with Crippen molar-refractivity contribution >= 4 is 17.6 Å². The van der Waals surface area contributed by atoms with Gasteiger partial charge in [-0.15, -0.1) is 0 Å². The van der Waals surface area contributed by atoms with Gasteiger partial charge in [-0.25, -0.2) is 4.79 Å². The van der Waals surface area contributed by atoms with Crippen molar-refractivity contribution in [1.29, 1.82) is 0 Å². The number of hydrogen-bond donors (Lipinski definition) is 2. The second kappa shape index (κ2) is 4.88. The predicted molar refractivity (Wildman–Crippen MR) is 68.0 cm³/mol. The first-order valence-corrected chi connectivity index (χ1v) is 6.03. The summed E-state index contributed by atoms with van der Waals surface area (Å²) in [6, 6.07) is -0.833. The molecule has 0 radical (unpaired) electrons. The van der Waals surface area contributed by atoms with Gasteiger partial charge >= 0.3 is 5.97 Å². The first-order chi connectivity index (χ1) is 9.25. The molecule has 1 aliphatic carbocycles. The quantitative estimate of drug-likeness (QED) is 0.687. The second-order valence-electron chi connectivity index (χ2n) is 5.12. The molecule has 2 unspecified atom stereocenters. The van der Waals surface area contributed by atoms with E-state index in [1.807, 2.05) is 0 Å². The lowest BCUT2D eigenvalue weighted by molar-refractivity contribution is -0.147. The van der Waals surface area contributed by atoms with Crippen molar-refractivity contribution in [2.45, 2.75) is 44.8 Å². The first kappa shape index (κ1) is 14.5. The monoisotopic (exact) mass is 283 g/mol. The van der Waals surface area contributed by atoms with Crippen LogP contribution in [0.5, 0.6) is 0 Å². The fourth-order valence-corrected chi connectivity index (χ4v) is 2.41. The number of hydrogen-bond acceptors (Lipinski definition) is 6. The summed E-state index contributed by atoms with van der Waals surface area (Å²) in [5, 5.41) is 25.4. The number of carbonyl (C=O) groups is 2. The maximum Gasteiger partial charge on any atom is 0.334 e. The van der Waals surface area contributed by atoms with Gasteiger partial charge in [0.05, 0.1) is 17.3 Å². The molecule has 2 N–H and O–H groups in total. The molecule has 8 heteroatoms. The van der Waals surface area contributed by atoms with Crippen molar-refractivity contribution in [3.05, 3.63) is 16.9 Å². The number of carboxylic acids is 1. The van der Waals surface area contributed by atoms with Gasteiger partial charge in [0.1, 0.15) is 12.2 Å². The fraction of sp³-hybridized carbons (Fsp3) is 0.583. The van der Waals surface area contributed by atoms with Gasteiger partial charge in [-0.1, -0.05) is 0 Å². The summed E-state index contributed by atoms with van der Waals surface area (Å²) in [6.45, 7) is 4.54. The highest BCUT2D eigenvalue weighted by atomic mass is 16.8. The Bertz CT molecular complexity index is 510. The Morgan fingerprint density at radius 1 is 1.45 bits per heavy atom. The molecule has 0 aromatic heterocycles. The maximum atomic E-state index is 11.3. The zero-order valence-corrected chi connectivity index (χ0v) is 11.2. The summed E-state index contributed by atoms with van der Waals surface area (Å²) < 4.78 is 11.2. The van der Waals surface area contributed by atoms with E-state index in [2.05, 4.69) is 10.5 Å². The Morgan fingerprint density at radius 3 is 2.60 bits per heavy atom. The van der Waals surface area contributed by atoms with Crippen LogP contribution in [-0.4, -0.2) is 46.7 Å². The number of carboxylic acid groups (broad SMARTS) is 1. The molecule has 20 heavy (non-hydrogen) atoms. The number of rotatable bonds is 2. The molecule has 2 rings (SSSR count). The summed E-state index contributed by atoms with van der Waals surface area (Å²) in [6.07, 6.45) is -0.551. The Labute approximate surface area is 115 Å². The van der Waals surface area contributed by atoms with E-state index in [4.69, 9.17) is 9.47 Å². The summed E-state index contributed by atoms with van der Waals surface area (Å²) >= 11 is 0. The summed E-state index contributed by atoms with van der Waals surface area (Å²) in [4.78, 5) is 22.5. The van der Waals surface area contributed by atoms with E-state index in [0.29, 0.717) is 0 Å².